The molecule has 1 aromatic heterocycles. The smallest absolute Gasteiger partial charge is 0.138 e. The molecule has 0 aromatic carbocycles. The number of nitrogens with zero attached hydrogens (tertiary/aromatic N) is 3. The van der Waals surface area contributed by atoms with Crippen LogP contribution in [0.15, 0.2) is 6.33 Å². The molecule has 5 nitrogen and oxygen atoms in total. The van der Waals surface area contributed by atoms with Gasteiger partial charge < -0.3 is 10.4 Å². The molecule has 1 aromatic rings. The van der Waals surface area contributed by atoms with E-state index in [-0.39, 0.29) is 0 Å². The number of rotatable bonds is 3. The minimum Gasteiger partial charge on any atom is -0.389 e. The van der Waals surface area contributed by atoms with E-state index in [0.717, 1.165) is 31.5 Å². The third-order valence-electron chi connectivity index (χ3n) is 3.62. The third kappa shape index (κ3) is 2.41. The Morgan fingerprint density at radius 1 is 1.56 bits per heavy atom. The van der Waals surface area contributed by atoms with Crippen molar-refractivity contribution in [3.63, 3.8) is 0 Å². The Morgan fingerprint density at radius 3 is 2.75 bits per heavy atom. The second kappa shape index (κ2) is 4.51. The fourth-order valence-electron chi connectivity index (χ4n) is 2.40. The van der Waals surface area contributed by atoms with Gasteiger partial charge in [0.25, 0.3) is 0 Å². The Balaban J connectivity index is 1.97. The molecule has 0 unspecified atom stereocenters. The lowest BCUT2D eigenvalue weighted by molar-refractivity contribution is -0.00473. The minimum absolute atomic E-state index is 0.555. The van der Waals surface area contributed by atoms with E-state index >= 15 is 0 Å². The molecule has 1 aliphatic carbocycles. The van der Waals surface area contributed by atoms with Gasteiger partial charge in [0.2, 0.25) is 0 Å². The molecule has 2 N–H and O–H groups in total. The van der Waals surface area contributed by atoms with Crippen molar-refractivity contribution in [2.45, 2.75) is 43.7 Å². The van der Waals surface area contributed by atoms with Crippen molar-refractivity contribution in [3.8, 4) is 0 Å². The molecule has 0 aliphatic heterocycles. The average molecular weight is 224 g/mol. The molecule has 90 valence electrons. The van der Waals surface area contributed by atoms with Crippen LogP contribution in [0.4, 0.5) is 0 Å². The maximum atomic E-state index is 10.5. The van der Waals surface area contributed by atoms with Crippen LogP contribution in [0.1, 0.15) is 31.5 Å². The number of aromatic nitrogens is 3. The third-order valence-corrected chi connectivity index (χ3v) is 3.62. The summed E-state index contributed by atoms with van der Waals surface area (Å²) < 4.78 is 1.74. The second-order valence-electron chi connectivity index (χ2n) is 4.76. The molecule has 2 rings (SSSR count). The van der Waals surface area contributed by atoms with Gasteiger partial charge in [-0.25, -0.2) is 4.98 Å². The van der Waals surface area contributed by atoms with Gasteiger partial charge in [-0.15, -0.1) is 0 Å². The summed E-state index contributed by atoms with van der Waals surface area (Å²) in [6, 6.07) is 0.555. The van der Waals surface area contributed by atoms with Crippen LogP contribution in [0.2, 0.25) is 0 Å². The highest BCUT2D eigenvalue weighted by Gasteiger charge is 2.33. The molecule has 1 saturated carbocycles. The summed E-state index contributed by atoms with van der Waals surface area (Å²) in [6.07, 6.45) is 5.89. The van der Waals surface area contributed by atoms with Crippen LogP contribution in [0.5, 0.6) is 0 Å². The van der Waals surface area contributed by atoms with Crippen LogP contribution in [-0.4, -0.2) is 38.6 Å². The molecule has 1 fully saturated rings. The summed E-state index contributed by atoms with van der Waals surface area (Å²) in [5.74, 6) is 0.866. The SMILES string of the molecule is CNC1CCC(O)(Cc2ncnn2C)CC1. The van der Waals surface area contributed by atoms with Crippen molar-refractivity contribution in [2.75, 3.05) is 7.05 Å². The zero-order chi connectivity index (χ0) is 11.6. The lowest BCUT2D eigenvalue weighted by Gasteiger charge is -2.35. The summed E-state index contributed by atoms with van der Waals surface area (Å²) in [5.41, 5.74) is -0.589. The number of aryl methyl sites for hydroxylation is 1. The average Bonchev–Trinajstić information content (AvgIpc) is 2.65. The first-order valence-corrected chi connectivity index (χ1v) is 5.85. The molecule has 0 saturated heterocycles. The largest absolute Gasteiger partial charge is 0.389 e. The Kier molecular flexibility index (Phi) is 3.25. The highest BCUT2D eigenvalue weighted by Crippen LogP contribution is 2.30. The van der Waals surface area contributed by atoms with E-state index in [1.54, 1.807) is 4.68 Å². The molecular weight excluding hydrogens is 204 g/mol. The molecule has 0 radical (unpaired) electrons. The lowest BCUT2D eigenvalue weighted by atomic mass is 9.80. The molecule has 0 atom stereocenters. The number of hydrogen-bond acceptors (Lipinski definition) is 4. The molecular formula is C11H20N4O. The van der Waals surface area contributed by atoms with E-state index in [2.05, 4.69) is 15.4 Å². The maximum absolute atomic E-state index is 10.5. The Morgan fingerprint density at radius 2 is 2.25 bits per heavy atom. The van der Waals surface area contributed by atoms with Gasteiger partial charge in [-0.1, -0.05) is 0 Å². The van der Waals surface area contributed by atoms with Gasteiger partial charge >= 0.3 is 0 Å². The summed E-state index contributed by atoms with van der Waals surface area (Å²) in [5, 5.41) is 17.8. The summed E-state index contributed by atoms with van der Waals surface area (Å²) in [7, 11) is 3.85. The van der Waals surface area contributed by atoms with Crippen LogP contribution in [0, 0.1) is 0 Å². The zero-order valence-corrected chi connectivity index (χ0v) is 9.98. The van der Waals surface area contributed by atoms with Crippen molar-refractivity contribution in [2.24, 2.45) is 7.05 Å². The first-order valence-electron chi connectivity index (χ1n) is 5.85. The van der Waals surface area contributed by atoms with Crippen LogP contribution in [0.25, 0.3) is 0 Å². The topological polar surface area (TPSA) is 63.0 Å². The number of aliphatic hydroxyl groups is 1. The first-order chi connectivity index (χ1) is 7.63. The number of nitrogens with one attached hydrogen (secondary N) is 1. The highest BCUT2D eigenvalue weighted by molar-refractivity contribution is 4.97. The predicted octanol–water partition coefficient (Wildman–Crippen LogP) is 0.251. The highest BCUT2D eigenvalue weighted by atomic mass is 16.3. The normalized spacial score (nSPS) is 30.6. The van der Waals surface area contributed by atoms with Crippen LogP contribution in [0.3, 0.4) is 0 Å². The maximum Gasteiger partial charge on any atom is 0.138 e. The molecule has 1 aliphatic rings. The van der Waals surface area contributed by atoms with Crippen molar-refractivity contribution >= 4 is 0 Å². The molecule has 1 heterocycles. The Hall–Kier alpha value is -0.940. The lowest BCUT2D eigenvalue weighted by Crippen LogP contribution is -2.42. The quantitative estimate of drug-likeness (QED) is 0.772. The van der Waals surface area contributed by atoms with Crippen molar-refractivity contribution < 1.29 is 5.11 Å². The minimum atomic E-state index is -0.589. The van der Waals surface area contributed by atoms with Crippen molar-refractivity contribution in [1.29, 1.82) is 0 Å². The fourth-order valence-corrected chi connectivity index (χ4v) is 2.40. The molecule has 16 heavy (non-hydrogen) atoms. The van der Waals surface area contributed by atoms with Gasteiger partial charge in [-0.3, -0.25) is 4.68 Å². The van der Waals surface area contributed by atoms with E-state index in [1.807, 2.05) is 14.1 Å². The standard InChI is InChI=1S/C11H20N4O/c1-12-9-3-5-11(16,6-4-9)7-10-13-8-14-15(10)2/h8-9,12,16H,3-7H2,1-2H3. The van der Waals surface area contributed by atoms with E-state index in [4.69, 9.17) is 0 Å². The summed E-state index contributed by atoms with van der Waals surface area (Å²) in [4.78, 5) is 4.17. The van der Waals surface area contributed by atoms with Gasteiger partial charge in [-0.05, 0) is 32.7 Å². The van der Waals surface area contributed by atoms with E-state index < -0.39 is 5.60 Å². The van der Waals surface area contributed by atoms with Gasteiger partial charge in [0.1, 0.15) is 12.2 Å². The molecule has 0 amide bonds. The van der Waals surface area contributed by atoms with Crippen molar-refractivity contribution in [3.05, 3.63) is 12.2 Å². The van der Waals surface area contributed by atoms with Gasteiger partial charge in [0.15, 0.2) is 0 Å². The van der Waals surface area contributed by atoms with Crippen LogP contribution >= 0.6 is 0 Å². The van der Waals surface area contributed by atoms with E-state index in [0.29, 0.717) is 12.5 Å². The fraction of sp³-hybridized carbons (Fsp3) is 0.818. The van der Waals surface area contributed by atoms with Crippen LogP contribution < -0.4 is 5.32 Å². The molecule has 0 spiro atoms. The van der Waals surface area contributed by atoms with Gasteiger partial charge in [-0.2, -0.15) is 5.10 Å². The summed E-state index contributed by atoms with van der Waals surface area (Å²) in [6.45, 7) is 0. The molecule has 0 bridgehead atoms. The van der Waals surface area contributed by atoms with Gasteiger partial charge in [0, 0.05) is 19.5 Å². The second-order valence-corrected chi connectivity index (χ2v) is 4.76. The van der Waals surface area contributed by atoms with Crippen molar-refractivity contribution in [1.82, 2.24) is 20.1 Å². The first kappa shape index (κ1) is 11.5. The Labute approximate surface area is 95.9 Å². The molecule has 5 heteroatoms. The summed E-state index contributed by atoms with van der Waals surface area (Å²) >= 11 is 0. The van der Waals surface area contributed by atoms with E-state index in [1.165, 1.54) is 6.33 Å². The Bertz CT molecular complexity index is 342. The van der Waals surface area contributed by atoms with E-state index in [9.17, 15) is 5.11 Å². The zero-order valence-electron chi connectivity index (χ0n) is 9.98. The van der Waals surface area contributed by atoms with Crippen LogP contribution in [-0.2, 0) is 13.5 Å². The predicted molar refractivity (Wildman–Crippen MR) is 61.0 cm³/mol. The van der Waals surface area contributed by atoms with Gasteiger partial charge in [0.05, 0.1) is 5.60 Å². The number of hydrogen-bond donors (Lipinski definition) is 2. The monoisotopic (exact) mass is 224 g/mol.